The third-order valence-corrected chi connectivity index (χ3v) is 5.48. The molecule has 0 saturated heterocycles. The summed E-state index contributed by atoms with van der Waals surface area (Å²) in [6.07, 6.45) is 1.87. The van der Waals surface area contributed by atoms with Crippen LogP contribution >= 0.6 is 0 Å². The number of carbonyl (C=O) groups is 2. The maximum Gasteiger partial charge on any atom is 0.245 e. The van der Waals surface area contributed by atoms with Crippen LogP contribution in [0.5, 0.6) is 0 Å². The Morgan fingerprint density at radius 3 is 2.42 bits per heavy atom. The Morgan fingerprint density at radius 1 is 1.19 bits per heavy atom. The molecule has 1 aromatic heterocycles. The standard InChI is InChI=1S/C25H36N4O2/c1-16(2)14-28(24(31)19-9-10-19)15-23(30)26-22-13-21(25(5,6)7)27-29(22)20-11-8-17(3)12-18(20)4/h8,11-13,16,19H,9-10,14-15H2,1-7H3,(H,26,30). The van der Waals surface area contributed by atoms with Crippen LogP contribution in [0.2, 0.25) is 0 Å². The molecule has 0 spiro atoms. The van der Waals surface area contributed by atoms with Gasteiger partial charge in [0.05, 0.1) is 17.9 Å². The minimum absolute atomic E-state index is 0.0659. The van der Waals surface area contributed by atoms with Crippen LogP contribution in [-0.2, 0) is 15.0 Å². The lowest BCUT2D eigenvalue weighted by Gasteiger charge is -2.24. The molecule has 1 saturated carbocycles. The zero-order valence-corrected chi connectivity index (χ0v) is 20.0. The van der Waals surface area contributed by atoms with E-state index in [2.05, 4.69) is 52.9 Å². The summed E-state index contributed by atoms with van der Waals surface area (Å²) in [5.74, 6) is 0.942. The molecule has 0 aliphatic heterocycles. The van der Waals surface area contributed by atoms with E-state index in [4.69, 9.17) is 5.10 Å². The molecule has 0 atom stereocenters. The Morgan fingerprint density at radius 2 is 1.87 bits per heavy atom. The third-order valence-electron chi connectivity index (χ3n) is 5.48. The van der Waals surface area contributed by atoms with Gasteiger partial charge in [0.2, 0.25) is 11.8 Å². The first kappa shape index (κ1) is 23.0. The summed E-state index contributed by atoms with van der Waals surface area (Å²) in [5.41, 5.74) is 3.94. The van der Waals surface area contributed by atoms with Crippen molar-refractivity contribution in [2.24, 2.45) is 11.8 Å². The molecule has 168 valence electrons. The van der Waals surface area contributed by atoms with E-state index in [1.54, 1.807) is 4.90 Å². The fourth-order valence-corrected chi connectivity index (χ4v) is 3.68. The summed E-state index contributed by atoms with van der Waals surface area (Å²) in [5, 5.41) is 7.85. The second kappa shape index (κ2) is 8.85. The lowest BCUT2D eigenvalue weighted by atomic mass is 9.92. The van der Waals surface area contributed by atoms with Gasteiger partial charge in [-0.15, -0.1) is 0 Å². The van der Waals surface area contributed by atoms with Crippen molar-refractivity contribution >= 4 is 17.6 Å². The predicted octanol–water partition coefficient (Wildman–Crippen LogP) is 4.62. The lowest BCUT2D eigenvalue weighted by molar-refractivity contribution is -0.136. The van der Waals surface area contributed by atoms with Gasteiger partial charge in [0, 0.05) is 23.9 Å². The molecule has 1 heterocycles. The molecule has 1 aliphatic carbocycles. The highest BCUT2D eigenvalue weighted by atomic mass is 16.2. The van der Waals surface area contributed by atoms with Crippen LogP contribution < -0.4 is 5.32 Å². The molecule has 0 radical (unpaired) electrons. The summed E-state index contributed by atoms with van der Waals surface area (Å²) in [6.45, 7) is 15.2. The van der Waals surface area contributed by atoms with E-state index in [1.807, 2.05) is 29.8 Å². The number of benzene rings is 1. The van der Waals surface area contributed by atoms with Crippen LogP contribution in [-0.4, -0.2) is 39.6 Å². The van der Waals surface area contributed by atoms with Crippen molar-refractivity contribution in [1.82, 2.24) is 14.7 Å². The smallest absolute Gasteiger partial charge is 0.245 e. The van der Waals surface area contributed by atoms with Gasteiger partial charge in [-0.25, -0.2) is 4.68 Å². The molecule has 3 rings (SSSR count). The van der Waals surface area contributed by atoms with E-state index >= 15 is 0 Å². The van der Waals surface area contributed by atoms with Gasteiger partial charge in [-0.05, 0) is 44.2 Å². The zero-order valence-electron chi connectivity index (χ0n) is 20.0. The van der Waals surface area contributed by atoms with Crippen molar-refractivity contribution in [2.75, 3.05) is 18.4 Å². The fourth-order valence-electron chi connectivity index (χ4n) is 3.68. The number of nitrogens with zero attached hydrogens (tertiary/aromatic N) is 3. The lowest BCUT2D eigenvalue weighted by Crippen LogP contribution is -2.41. The Balaban J connectivity index is 1.87. The van der Waals surface area contributed by atoms with Gasteiger partial charge in [-0.1, -0.05) is 52.3 Å². The second-order valence-corrected chi connectivity index (χ2v) is 10.3. The van der Waals surface area contributed by atoms with Crippen molar-refractivity contribution < 1.29 is 9.59 Å². The van der Waals surface area contributed by atoms with Crippen molar-refractivity contribution in [1.29, 1.82) is 0 Å². The largest absolute Gasteiger partial charge is 0.333 e. The molecule has 1 fully saturated rings. The molecule has 1 N–H and O–H groups in total. The molecule has 0 unspecified atom stereocenters. The molecular weight excluding hydrogens is 388 g/mol. The molecular formula is C25H36N4O2. The quantitative estimate of drug-likeness (QED) is 0.705. The molecule has 2 aromatic rings. The topological polar surface area (TPSA) is 67.2 Å². The molecule has 6 nitrogen and oxygen atoms in total. The highest BCUT2D eigenvalue weighted by Gasteiger charge is 2.34. The molecule has 1 aliphatic rings. The van der Waals surface area contributed by atoms with E-state index in [1.165, 1.54) is 5.56 Å². The number of hydrogen-bond acceptors (Lipinski definition) is 3. The Kier molecular flexibility index (Phi) is 6.58. The van der Waals surface area contributed by atoms with E-state index in [9.17, 15) is 9.59 Å². The fraction of sp³-hybridized carbons (Fsp3) is 0.560. The molecule has 31 heavy (non-hydrogen) atoms. The van der Waals surface area contributed by atoms with Gasteiger partial charge < -0.3 is 10.2 Å². The summed E-state index contributed by atoms with van der Waals surface area (Å²) >= 11 is 0. The van der Waals surface area contributed by atoms with E-state index < -0.39 is 0 Å². The van der Waals surface area contributed by atoms with Crippen LogP contribution in [0.15, 0.2) is 24.3 Å². The second-order valence-electron chi connectivity index (χ2n) is 10.3. The summed E-state index contributed by atoms with van der Waals surface area (Å²) in [6, 6.07) is 8.12. The maximum atomic E-state index is 13.0. The number of aromatic nitrogens is 2. The normalized spacial score (nSPS) is 14.1. The number of carbonyl (C=O) groups excluding carboxylic acids is 2. The van der Waals surface area contributed by atoms with Gasteiger partial charge >= 0.3 is 0 Å². The Bertz CT molecular complexity index is 964. The first-order valence-corrected chi connectivity index (χ1v) is 11.2. The van der Waals surface area contributed by atoms with Gasteiger partial charge in [0.25, 0.3) is 0 Å². The van der Waals surface area contributed by atoms with Gasteiger partial charge in [-0.3, -0.25) is 9.59 Å². The van der Waals surface area contributed by atoms with Crippen molar-refractivity contribution in [3.8, 4) is 5.69 Å². The van der Waals surface area contributed by atoms with Gasteiger partial charge in [0.15, 0.2) is 0 Å². The average molecular weight is 425 g/mol. The number of nitrogens with one attached hydrogen (secondary N) is 1. The van der Waals surface area contributed by atoms with Crippen molar-refractivity contribution in [3.63, 3.8) is 0 Å². The summed E-state index contributed by atoms with van der Waals surface area (Å²) < 4.78 is 1.81. The van der Waals surface area contributed by atoms with Crippen LogP contribution in [0.1, 0.15) is 64.3 Å². The van der Waals surface area contributed by atoms with Crippen LogP contribution in [0.4, 0.5) is 5.82 Å². The first-order valence-electron chi connectivity index (χ1n) is 11.2. The molecule has 6 heteroatoms. The molecule has 1 aromatic carbocycles. The first-order chi connectivity index (χ1) is 14.5. The highest BCUT2D eigenvalue weighted by molar-refractivity contribution is 5.94. The van der Waals surface area contributed by atoms with Gasteiger partial charge in [-0.2, -0.15) is 5.10 Å². The van der Waals surface area contributed by atoms with Crippen molar-refractivity contribution in [2.45, 2.75) is 66.7 Å². The highest BCUT2D eigenvalue weighted by Crippen LogP contribution is 2.31. The SMILES string of the molecule is Cc1ccc(-n2nc(C(C)(C)C)cc2NC(=O)CN(CC(C)C)C(=O)C2CC2)c(C)c1. The van der Waals surface area contributed by atoms with E-state index in [0.29, 0.717) is 18.3 Å². The van der Waals surface area contributed by atoms with Gasteiger partial charge in [0.1, 0.15) is 5.82 Å². The number of aryl methyl sites for hydroxylation is 2. The number of anilines is 1. The summed E-state index contributed by atoms with van der Waals surface area (Å²) in [4.78, 5) is 27.4. The average Bonchev–Trinajstić information content (AvgIpc) is 3.40. The number of hydrogen-bond donors (Lipinski definition) is 1. The molecule has 2 amide bonds. The Labute approximate surface area is 186 Å². The van der Waals surface area contributed by atoms with Crippen LogP contribution in [0.3, 0.4) is 0 Å². The zero-order chi connectivity index (χ0) is 22.9. The Hall–Kier alpha value is -2.63. The maximum absolute atomic E-state index is 13.0. The monoisotopic (exact) mass is 424 g/mol. The predicted molar refractivity (Wildman–Crippen MR) is 125 cm³/mol. The van der Waals surface area contributed by atoms with Crippen molar-refractivity contribution in [3.05, 3.63) is 41.1 Å². The van der Waals surface area contributed by atoms with E-state index in [-0.39, 0.29) is 29.7 Å². The number of amides is 2. The summed E-state index contributed by atoms with van der Waals surface area (Å²) in [7, 11) is 0. The number of rotatable bonds is 7. The minimum atomic E-state index is -0.193. The van der Waals surface area contributed by atoms with E-state index in [0.717, 1.165) is 29.8 Å². The minimum Gasteiger partial charge on any atom is -0.333 e. The van der Waals surface area contributed by atoms with Crippen LogP contribution in [0, 0.1) is 25.7 Å². The third kappa shape index (κ3) is 5.75. The van der Waals surface area contributed by atoms with Crippen LogP contribution in [0.25, 0.3) is 5.69 Å². The molecule has 0 bridgehead atoms.